The molecule has 0 aliphatic rings. The van der Waals surface area contributed by atoms with Crippen molar-refractivity contribution in [3.8, 4) is 0 Å². The predicted molar refractivity (Wildman–Crippen MR) is 60.1 cm³/mol. The third-order valence-corrected chi connectivity index (χ3v) is 3.09. The first-order valence-electron chi connectivity index (χ1n) is 6.58. The zero-order chi connectivity index (χ0) is 22.1. The van der Waals surface area contributed by atoms with Gasteiger partial charge in [0.25, 0.3) is 5.91 Å². The van der Waals surface area contributed by atoms with Crippen molar-refractivity contribution in [3.63, 3.8) is 0 Å². The van der Waals surface area contributed by atoms with E-state index in [-0.39, 0.29) is 12.8 Å². The van der Waals surface area contributed by atoms with Crippen LogP contribution in [0.2, 0.25) is 0 Å². The van der Waals surface area contributed by atoms with Gasteiger partial charge in [-0.25, -0.2) is 0 Å². The molecule has 0 rings (SSSR count). The SMILES string of the molecule is O=C(NCCCCO)C(F)(F)C(F)(F)C(F)(F)C(F)(F)C(F)(F)C(F)(F)F. The summed E-state index contributed by atoms with van der Waals surface area (Å²) in [5.74, 6) is -41.6. The lowest BCUT2D eigenvalue weighted by Crippen LogP contribution is -2.72. The summed E-state index contributed by atoms with van der Waals surface area (Å²) in [6.45, 7) is -1.52. The molecule has 0 spiro atoms. The molecule has 0 atom stereocenters. The number of aliphatic hydroxyl groups excluding tert-OH is 1. The Hall–Kier alpha value is -1.48. The number of alkyl halides is 13. The van der Waals surface area contributed by atoms with Gasteiger partial charge in [-0.3, -0.25) is 4.79 Å². The molecule has 0 aliphatic heterocycles. The number of hydrogen-bond acceptors (Lipinski definition) is 2. The third kappa shape index (κ3) is 4.03. The Morgan fingerprint density at radius 1 is 0.667 bits per heavy atom. The minimum Gasteiger partial charge on any atom is -0.396 e. The molecule has 27 heavy (non-hydrogen) atoms. The zero-order valence-corrected chi connectivity index (χ0v) is 12.6. The summed E-state index contributed by atoms with van der Waals surface area (Å²) in [5, 5.41) is 9.22. The molecule has 0 unspecified atom stereocenters. The number of nitrogens with one attached hydrogen (secondary N) is 1. The fraction of sp³-hybridized carbons (Fsp3) is 0.909. The highest BCUT2D eigenvalue weighted by Crippen LogP contribution is 2.60. The molecule has 0 bridgehead atoms. The van der Waals surface area contributed by atoms with Gasteiger partial charge in [0.15, 0.2) is 0 Å². The molecule has 2 N–H and O–H groups in total. The maximum absolute atomic E-state index is 13.3. The van der Waals surface area contributed by atoms with Gasteiger partial charge in [0, 0.05) is 13.2 Å². The third-order valence-electron chi connectivity index (χ3n) is 3.09. The molecule has 0 saturated heterocycles. The molecule has 162 valence electrons. The fourth-order valence-corrected chi connectivity index (χ4v) is 1.46. The van der Waals surface area contributed by atoms with Crippen molar-refractivity contribution in [2.75, 3.05) is 13.2 Å². The summed E-state index contributed by atoms with van der Waals surface area (Å²) in [4.78, 5) is 10.9. The Morgan fingerprint density at radius 2 is 1.07 bits per heavy atom. The summed E-state index contributed by atoms with van der Waals surface area (Å²) in [5.41, 5.74) is 0. The van der Waals surface area contributed by atoms with Crippen molar-refractivity contribution in [3.05, 3.63) is 0 Å². The molecule has 0 radical (unpaired) electrons. The van der Waals surface area contributed by atoms with Gasteiger partial charge < -0.3 is 10.4 Å². The molecular weight excluding hydrogens is 425 g/mol. The lowest BCUT2D eigenvalue weighted by molar-refractivity contribution is -0.436. The van der Waals surface area contributed by atoms with Crippen molar-refractivity contribution < 1.29 is 67.0 Å². The van der Waals surface area contributed by atoms with Gasteiger partial charge in [-0.2, -0.15) is 57.1 Å². The normalized spacial score (nSPS) is 15.0. The average molecular weight is 435 g/mol. The van der Waals surface area contributed by atoms with Crippen LogP contribution in [0.4, 0.5) is 57.1 Å². The van der Waals surface area contributed by atoms with E-state index in [0.29, 0.717) is 0 Å². The molecule has 16 heteroatoms. The number of unbranched alkanes of at least 4 members (excludes halogenated alkanes) is 1. The molecule has 0 aromatic rings. The topological polar surface area (TPSA) is 49.3 Å². The Balaban J connectivity index is 5.90. The molecule has 0 saturated carbocycles. The Bertz CT molecular complexity index is 529. The van der Waals surface area contributed by atoms with E-state index in [4.69, 9.17) is 5.11 Å². The minimum atomic E-state index is -8.04. The molecule has 3 nitrogen and oxygen atoms in total. The van der Waals surface area contributed by atoms with E-state index in [9.17, 15) is 61.9 Å². The van der Waals surface area contributed by atoms with Crippen molar-refractivity contribution in [1.82, 2.24) is 5.32 Å². The highest BCUT2D eigenvalue weighted by atomic mass is 19.4. The van der Waals surface area contributed by atoms with Crippen LogP contribution in [0, 0.1) is 0 Å². The van der Waals surface area contributed by atoms with Crippen LogP contribution in [-0.2, 0) is 4.79 Å². The van der Waals surface area contributed by atoms with Gasteiger partial charge in [0.2, 0.25) is 0 Å². The van der Waals surface area contributed by atoms with Crippen molar-refractivity contribution in [2.24, 2.45) is 0 Å². The first-order chi connectivity index (χ1) is 11.7. The fourth-order valence-electron chi connectivity index (χ4n) is 1.46. The maximum atomic E-state index is 13.3. The van der Waals surface area contributed by atoms with Gasteiger partial charge in [0.05, 0.1) is 0 Å². The highest BCUT2D eigenvalue weighted by molar-refractivity contribution is 5.84. The number of carbonyl (C=O) groups excluding carboxylic acids is 1. The van der Waals surface area contributed by atoms with Gasteiger partial charge in [-0.15, -0.1) is 0 Å². The van der Waals surface area contributed by atoms with E-state index >= 15 is 0 Å². The molecule has 0 aromatic heterocycles. The number of aliphatic hydroxyl groups is 1. The summed E-state index contributed by atoms with van der Waals surface area (Å²) in [6.07, 6.45) is -8.07. The van der Waals surface area contributed by atoms with E-state index in [1.54, 1.807) is 0 Å². The largest absolute Gasteiger partial charge is 0.460 e. The molecule has 0 aromatic carbocycles. The second-order valence-corrected chi connectivity index (χ2v) is 5.06. The van der Waals surface area contributed by atoms with Gasteiger partial charge in [0.1, 0.15) is 0 Å². The zero-order valence-electron chi connectivity index (χ0n) is 12.6. The molecule has 0 aliphatic carbocycles. The molecule has 0 fully saturated rings. The standard InChI is InChI=1S/C11H10F13NO2/c12-6(13,5(27)25-3-1-2-4-26)7(14,15)8(16,17)9(18,19)10(20,21)11(22,23)24/h26H,1-4H2,(H,25,27). The lowest BCUT2D eigenvalue weighted by Gasteiger charge is -2.39. The van der Waals surface area contributed by atoms with E-state index < -0.39 is 54.8 Å². The lowest BCUT2D eigenvalue weighted by atomic mass is 9.93. The van der Waals surface area contributed by atoms with Crippen LogP contribution in [0.3, 0.4) is 0 Å². The summed E-state index contributed by atoms with van der Waals surface area (Å²) in [7, 11) is 0. The number of rotatable bonds is 9. The van der Waals surface area contributed by atoms with Crippen molar-refractivity contribution in [2.45, 2.75) is 48.6 Å². The van der Waals surface area contributed by atoms with Crippen LogP contribution in [0.15, 0.2) is 0 Å². The van der Waals surface area contributed by atoms with Crippen LogP contribution < -0.4 is 5.32 Å². The second kappa shape index (κ2) is 7.50. The monoisotopic (exact) mass is 435 g/mol. The molecule has 0 heterocycles. The first-order valence-corrected chi connectivity index (χ1v) is 6.58. The predicted octanol–water partition coefficient (Wildman–Crippen LogP) is 3.61. The quantitative estimate of drug-likeness (QED) is 0.430. The van der Waals surface area contributed by atoms with Crippen molar-refractivity contribution in [1.29, 1.82) is 0 Å². The first kappa shape index (κ1) is 25.5. The average Bonchev–Trinajstić information content (AvgIpc) is 2.49. The molecule has 1 amide bonds. The smallest absolute Gasteiger partial charge is 0.396 e. The number of hydrogen-bond donors (Lipinski definition) is 2. The van der Waals surface area contributed by atoms with Gasteiger partial charge in [-0.1, -0.05) is 0 Å². The maximum Gasteiger partial charge on any atom is 0.460 e. The second-order valence-electron chi connectivity index (χ2n) is 5.06. The summed E-state index contributed by atoms with van der Waals surface area (Å²) >= 11 is 0. The summed E-state index contributed by atoms with van der Waals surface area (Å²) < 4.78 is 166. The Kier molecular flexibility index (Phi) is 7.09. The van der Waals surface area contributed by atoms with Gasteiger partial charge >= 0.3 is 35.8 Å². The van der Waals surface area contributed by atoms with E-state index in [1.807, 2.05) is 0 Å². The number of amides is 1. The van der Waals surface area contributed by atoms with E-state index in [0.717, 1.165) is 5.32 Å². The van der Waals surface area contributed by atoms with E-state index in [1.165, 1.54) is 0 Å². The highest BCUT2D eigenvalue weighted by Gasteiger charge is 2.91. The van der Waals surface area contributed by atoms with E-state index in [2.05, 4.69) is 0 Å². The minimum absolute atomic E-state index is 0.200. The van der Waals surface area contributed by atoms with Crippen LogP contribution in [-0.4, -0.2) is 60.0 Å². The van der Waals surface area contributed by atoms with Crippen LogP contribution >= 0.6 is 0 Å². The van der Waals surface area contributed by atoms with Crippen LogP contribution in [0.1, 0.15) is 12.8 Å². The molecular formula is C11H10F13NO2. The van der Waals surface area contributed by atoms with Gasteiger partial charge in [-0.05, 0) is 12.8 Å². The summed E-state index contributed by atoms with van der Waals surface area (Å²) in [6, 6.07) is 0. The van der Waals surface area contributed by atoms with Crippen LogP contribution in [0.5, 0.6) is 0 Å². The van der Waals surface area contributed by atoms with Crippen molar-refractivity contribution >= 4 is 5.91 Å². The number of halogens is 13. The Labute approximate surface area is 141 Å². The van der Waals surface area contributed by atoms with Crippen LogP contribution in [0.25, 0.3) is 0 Å². The Morgan fingerprint density at radius 3 is 1.44 bits per heavy atom. The number of carbonyl (C=O) groups is 1.